The van der Waals surface area contributed by atoms with Crippen LogP contribution in [0.1, 0.15) is 29.5 Å². The molecule has 0 unspecified atom stereocenters. The van der Waals surface area contributed by atoms with E-state index in [9.17, 15) is 0 Å². The normalized spacial score (nSPS) is 11.1. The summed E-state index contributed by atoms with van der Waals surface area (Å²) in [5, 5.41) is 0. The maximum Gasteiger partial charge on any atom is 0.0205 e. The van der Waals surface area contributed by atoms with E-state index in [1.165, 1.54) is 44.9 Å². The lowest BCUT2D eigenvalue weighted by atomic mass is 9.74. The smallest absolute Gasteiger partial charge is 0.0205 e. The van der Waals surface area contributed by atoms with Crippen molar-refractivity contribution in [3.63, 3.8) is 0 Å². The molecular weight excluding hydrogens is 396 g/mol. The van der Waals surface area contributed by atoms with Gasteiger partial charge in [-0.25, -0.2) is 0 Å². The van der Waals surface area contributed by atoms with Gasteiger partial charge in [0.15, 0.2) is 0 Å². The number of benzene rings is 5. The van der Waals surface area contributed by atoms with Crippen molar-refractivity contribution in [2.45, 2.75) is 12.8 Å². The minimum absolute atomic E-state index is 0.125. The van der Waals surface area contributed by atoms with E-state index in [0.29, 0.717) is 0 Å². The summed E-state index contributed by atoms with van der Waals surface area (Å²) in [5.41, 5.74) is 8.98. The van der Waals surface area contributed by atoms with E-state index >= 15 is 0 Å². The first-order valence-electron chi connectivity index (χ1n) is 11.5. The summed E-state index contributed by atoms with van der Waals surface area (Å²) in [4.78, 5) is 0. The Hall–Kier alpha value is -3.90. The molecule has 5 aromatic rings. The summed E-state index contributed by atoms with van der Waals surface area (Å²) >= 11 is 0. The van der Waals surface area contributed by atoms with E-state index in [4.69, 9.17) is 0 Å². The van der Waals surface area contributed by atoms with E-state index in [-0.39, 0.29) is 5.92 Å². The van der Waals surface area contributed by atoms with Crippen molar-refractivity contribution in [1.29, 1.82) is 0 Å². The molecule has 0 atom stereocenters. The molecular formula is C33H27. The van der Waals surface area contributed by atoms with Crippen LogP contribution in [-0.4, -0.2) is 0 Å². The third-order valence-electron chi connectivity index (χ3n) is 6.38. The van der Waals surface area contributed by atoms with E-state index in [1.54, 1.807) is 0 Å². The number of hydrogen-bond acceptors (Lipinski definition) is 0. The number of rotatable bonds is 6. The van der Waals surface area contributed by atoms with Crippen LogP contribution in [0.15, 0.2) is 140 Å². The quantitative estimate of drug-likeness (QED) is 0.256. The first-order chi connectivity index (χ1) is 16.3. The predicted molar refractivity (Wildman–Crippen MR) is 140 cm³/mol. The fourth-order valence-electron chi connectivity index (χ4n) is 4.76. The molecule has 0 aliphatic carbocycles. The molecule has 0 bridgehead atoms. The van der Waals surface area contributed by atoms with Gasteiger partial charge in [-0.05, 0) is 38.9 Å². The van der Waals surface area contributed by atoms with E-state index in [2.05, 4.69) is 146 Å². The standard InChI is InChI=1S/C33H27/c1-25(26-15-5-2-6-16-26)33(31-23-13-11-21-29(31)27-17-7-3-8-18-27)32-24-14-12-22-30(32)28-19-9-4-10-20-28/h2-24,33H,1H3. The van der Waals surface area contributed by atoms with Crippen LogP contribution in [0.5, 0.6) is 0 Å². The Morgan fingerprint density at radius 3 is 1.24 bits per heavy atom. The maximum absolute atomic E-state index is 2.29. The molecule has 0 amide bonds. The largest absolute Gasteiger partial charge is 0.0622 e. The molecule has 0 saturated heterocycles. The van der Waals surface area contributed by atoms with Gasteiger partial charge in [0.05, 0.1) is 0 Å². The van der Waals surface area contributed by atoms with Gasteiger partial charge in [-0.2, -0.15) is 0 Å². The summed E-state index contributed by atoms with van der Waals surface area (Å²) in [6, 6.07) is 49.9. The van der Waals surface area contributed by atoms with Crippen LogP contribution in [0.3, 0.4) is 0 Å². The fraction of sp³-hybridized carbons (Fsp3) is 0.0606. The van der Waals surface area contributed by atoms with Crippen molar-refractivity contribution in [2.24, 2.45) is 0 Å². The van der Waals surface area contributed by atoms with Gasteiger partial charge in [0, 0.05) is 11.8 Å². The zero-order valence-corrected chi connectivity index (χ0v) is 18.9. The lowest BCUT2D eigenvalue weighted by molar-refractivity contribution is 0.848. The van der Waals surface area contributed by atoms with Gasteiger partial charge in [-0.1, -0.05) is 146 Å². The molecule has 0 spiro atoms. The topological polar surface area (TPSA) is 0 Å². The second-order valence-corrected chi connectivity index (χ2v) is 8.39. The van der Waals surface area contributed by atoms with Crippen LogP contribution in [0, 0.1) is 5.92 Å². The third-order valence-corrected chi connectivity index (χ3v) is 6.38. The highest BCUT2D eigenvalue weighted by Crippen LogP contribution is 2.44. The van der Waals surface area contributed by atoms with Gasteiger partial charge in [-0.3, -0.25) is 0 Å². The first-order valence-corrected chi connectivity index (χ1v) is 11.5. The molecule has 0 aromatic heterocycles. The molecule has 1 radical (unpaired) electrons. The van der Waals surface area contributed by atoms with Crippen molar-refractivity contribution in [3.05, 3.63) is 162 Å². The van der Waals surface area contributed by atoms with Gasteiger partial charge < -0.3 is 0 Å². The molecule has 0 fully saturated rings. The summed E-state index contributed by atoms with van der Waals surface area (Å²) in [5.74, 6) is 1.47. The SMILES string of the molecule is C[C](c1ccccc1)C(c1ccccc1-c1ccccc1)c1ccccc1-c1ccccc1. The molecule has 5 rings (SSSR count). The Morgan fingerprint density at radius 2 is 0.788 bits per heavy atom. The summed E-state index contributed by atoms with van der Waals surface area (Å²) in [6.07, 6.45) is 0. The zero-order chi connectivity index (χ0) is 22.5. The lowest BCUT2D eigenvalue weighted by Crippen LogP contribution is -2.13. The van der Waals surface area contributed by atoms with Gasteiger partial charge in [-0.15, -0.1) is 0 Å². The Morgan fingerprint density at radius 1 is 0.424 bits per heavy atom. The van der Waals surface area contributed by atoms with Crippen molar-refractivity contribution in [1.82, 2.24) is 0 Å². The Bertz CT molecular complexity index is 1220. The lowest BCUT2D eigenvalue weighted by Gasteiger charge is -2.29. The second kappa shape index (κ2) is 9.71. The molecule has 0 saturated carbocycles. The average Bonchev–Trinajstić information content (AvgIpc) is 2.91. The van der Waals surface area contributed by atoms with Crippen molar-refractivity contribution >= 4 is 0 Å². The Kier molecular flexibility index (Phi) is 6.17. The molecule has 0 heterocycles. The van der Waals surface area contributed by atoms with Gasteiger partial charge in [0.25, 0.3) is 0 Å². The molecule has 33 heavy (non-hydrogen) atoms. The van der Waals surface area contributed by atoms with Crippen molar-refractivity contribution in [2.75, 3.05) is 0 Å². The minimum Gasteiger partial charge on any atom is -0.0622 e. The minimum atomic E-state index is 0.125. The van der Waals surface area contributed by atoms with Gasteiger partial charge in [0.2, 0.25) is 0 Å². The van der Waals surface area contributed by atoms with E-state index < -0.39 is 0 Å². The highest BCUT2D eigenvalue weighted by Gasteiger charge is 2.28. The Balaban J connectivity index is 1.75. The van der Waals surface area contributed by atoms with Crippen molar-refractivity contribution in [3.8, 4) is 22.3 Å². The third kappa shape index (κ3) is 4.38. The highest BCUT2D eigenvalue weighted by molar-refractivity contribution is 5.74. The average molecular weight is 424 g/mol. The molecule has 0 aliphatic heterocycles. The maximum atomic E-state index is 2.29. The highest BCUT2D eigenvalue weighted by atomic mass is 14.3. The van der Waals surface area contributed by atoms with Crippen LogP contribution < -0.4 is 0 Å². The monoisotopic (exact) mass is 423 g/mol. The molecule has 159 valence electrons. The number of hydrogen-bond donors (Lipinski definition) is 0. The van der Waals surface area contributed by atoms with E-state index in [0.717, 1.165) is 0 Å². The summed E-state index contributed by atoms with van der Waals surface area (Å²) in [7, 11) is 0. The Labute approximate surface area is 197 Å². The molecule has 0 N–H and O–H groups in total. The molecule has 0 nitrogen and oxygen atoms in total. The van der Waals surface area contributed by atoms with Crippen LogP contribution in [0.2, 0.25) is 0 Å². The fourth-order valence-corrected chi connectivity index (χ4v) is 4.76. The molecule has 0 heteroatoms. The van der Waals surface area contributed by atoms with Gasteiger partial charge >= 0.3 is 0 Å². The van der Waals surface area contributed by atoms with Crippen LogP contribution in [-0.2, 0) is 0 Å². The molecule has 5 aromatic carbocycles. The van der Waals surface area contributed by atoms with Crippen LogP contribution in [0.25, 0.3) is 22.3 Å². The summed E-state index contributed by atoms with van der Waals surface area (Å²) in [6.45, 7) is 2.28. The van der Waals surface area contributed by atoms with Gasteiger partial charge in [0.1, 0.15) is 0 Å². The summed E-state index contributed by atoms with van der Waals surface area (Å²) < 4.78 is 0. The molecule has 0 aliphatic rings. The van der Waals surface area contributed by atoms with Crippen LogP contribution in [0.4, 0.5) is 0 Å². The predicted octanol–water partition coefficient (Wildman–Crippen LogP) is 8.80. The van der Waals surface area contributed by atoms with Crippen LogP contribution >= 0.6 is 0 Å². The second-order valence-electron chi connectivity index (χ2n) is 8.39. The van der Waals surface area contributed by atoms with E-state index in [1.807, 2.05) is 0 Å². The zero-order valence-electron chi connectivity index (χ0n) is 18.9. The first kappa shape index (κ1) is 21.0. The van der Waals surface area contributed by atoms with Crippen molar-refractivity contribution < 1.29 is 0 Å².